The molecule has 0 spiro atoms. The maximum Gasteiger partial charge on any atom is 0.308 e. The summed E-state index contributed by atoms with van der Waals surface area (Å²) in [6.45, 7) is 4.05. The number of carbonyl (C=O) groups excluding carboxylic acids is 1. The first-order chi connectivity index (χ1) is 12.0. The number of nitrogens with one attached hydrogen (secondary N) is 1. The molecule has 1 fully saturated rings. The molecule has 0 unspecified atom stereocenters. The van der Waals surface area contributed by atoms with Crippen molar-refractivity contribution in [3.8, 4) is 5.75 Å². The van der Waals surface area contributed by atoms with Crippen molar-refractivity contribution in [3.63, 3.8) is 0 Å². The number of hydrogen-bond acceptors (Lipinski definition) is 5. The Kier molecular flexibility index (Phi) is 7.21. The van der Waals surface area contributed by atoms with Gasteiger partial charge in [0.25, 0.3) is 0 Å². The summed E-state index contributed by atoms with van der Waals surface area (Å²) in [7, 11) is 3.64. The third kappa shape index (κ3) is 6.36. The van der Waals surface area contributed by atoms with E-state index in [-0.39, 0.29) is 12.3 Å². The van der Waals surface area contributed by atoms with E-state index in [0.717, 1.165) is 32.6 Å². The largest absolute Gasteiger partial charge is 0.497 e. The van der Waals surface area contributed by atoms with Crippen molar-refractivity contribution in [1.29, 1.82) is 0 Å². The van der Waals surface area contributed by atoms with Crippen molar-refractivity contribution in [3.05, 3.63) is 24.3 Å². The molecule has 2 N–H and O–H groups in total. The van der Waals surface area contributed by atoms with Crippen LogP contribution in [0.1, 0.15) is 12.8 Å². The van der Waals surface area contributed by atoms with Crippen molar-refractivity contribution < 1.29 is 19.4 Å². The second-order valence-electron chi connectivity index (χ2n) is 6.47. The summed E-state index contributed by atoms with van der Waals surface area (Å²) in [5.41, 5.74) is 0.631. The smallest absolute Gasteiger partial charge is 0.308 e. The fraction of sp³-hybridized carbons (Fsp3) is 0.556. The van der Waals surface area contributed by atoms with E-state index in [1.807, 2.05) is 0 Å². The van der Waals surface area contributed by atoms with Crippen LogP contribution in [-0.2, 0) is 9.59 Å². The summed E-state index contributed by atoms with van der Waals surface area (Å²) in [6, 6.07) is 6.96. The Morgan fingerprint density at radius 2 is 1.92 bits per heavy atom. The standard InChI is InChI=1S/C18H27N3O4/c1-20-8-3-9-21(11-10-20)13-14(18(23)24)12-17(22)19-15-4-6-16(25-2)7-5-15/h4-7,14H,3,8-13H2,1-2H3,(H,19,22)(H,23,24)/t14-/m0/s1. The first-order valence-electron chi connectivity index (χ1n) is 8.55. The highest BCUT2D eigenvalue weighted by Crippen LogP contribution is 2.16. The Morgan fingerprint density at radius 1 is 1.20 bits per heavy atom. The fourth-order valence-corrected chi connectivity index (χ4v) is 2.93. The van der Waals surface area contributed by atoms with Crippen molar-refractivity contribution in [2.75, 3.05) is 52.2 Å². The van der Waals surface area contributed by atoms with Crippen molar-refractivity contribution in [1.82, 2.24) is 9.80 Å². The Balaban J connectivity index is 1.88. The molecule has 25 heavy (non-hydrogen) atoms. The number of carbonyl (C=O) groups is 2. The molecular weight excluding hydrogens is 322 g/mol. The molecule has 1 amide bonds. The molecule has 0 bridgehead atoms. The lowest BCUT2D eigenvalue weighted by molar-refractivity contribution is -0.144. The number of ether oxygens (including phenoxy) is 1. The van der Waals surface area contributed by atoms with E-state index in [1.165, 1.54) is 0 Å². The summed E-state index contributed by atoms with van der Waals surface area (Å²) in [6.07, 6.45) is 0.981. The summed E-state index contributed by atoms with van der Waals surface area (Å²) >= 11 is 0. The zero-order chi connectivity index (χ0) is 18.2. The first-order valence-corrected chi connectivity index (χ1v) is 8.55. The molecule has 1 aromatic carbocycles. The molecule has 0 aromatic heterocycles. The molecule has 1 aliphatic rings. The molecule has 7 nitrogen and oxygen atoms in total. The zero-order valence-electron chi connectivity index (χ0n) is 14.9. The van der Waals surface area contributed by atoms with Crippen LogP contribution < -0.4 is 10.1 Å². The number of rotatable bonds is 7. The van der Waals surface area contributed by atoms with Gasteiger partial charge in [-0.1, -0.05) is 0 Å². The van der Waals surface area contributed by atoms with Crippen LogP contribution in [0.15, 0.2) is 24.3 Å². The van der Waals surface area contributed by atoms with Gasteiger partial charge >= 0.3 is 5.97 Å². The number of carboxylic acid groups (broad SMARTS) is 1. The maximum atomic E-state index is 12.2. The van der Waals surface area contributed by atoms with Crippen LogP contribution >= 0.6 is 0 Å². The van der Waals surface area contributed by atoms with Crippen molar-refractivity contribution in [2.24, 2.45) is 5.92 Å². The monoisotopic (exact) mass is 349 g/mol. The number of anilines is 1. The van der Waals surface area contributed by atoms with E-state index in [0.29, 0.717) is 18.0 Å². The lowest BCUT2D eigenvalue weighted by atomic mass is 10.0. The normalized spacial score (nSPS) is 17.5. The molecule has 138 valence electrons. The highest BCUT2D eigenvalue weighted by atomic mass is 16.5. The Labute approximate surface area is 148 Å². The number of hydrogen-bond donors (Lipinski definition) is 2. The minimum Gasteiger partial charge on any atom is -0.497 e. The van der Waals surface area contributed by atoms with Gasteiger partial charge in [0.15, 0.2) is 0 Å². The highest BCUT2D eigenvalue weighted by Gasteiger charge is 2.25. The lowest BCUT2D eigenvalue weighted by Gasteiger charge is -2.23. The Hall–Kier alpha value is -2.12. The molecule has 1 saturated heterocycles. The van der Waals surface area contributed by atoms with E-state index < -0.39 is 11.9 Å². The van der Waals surface area contributed by atoms with Crippen molar-refractivity contribution >= 4 is 17.6 Å². The van der Waals surface area contributed by atoms with Crippen LogP contribution in [0.2, 0.25) is 0 Å². The number of likely N-dealkylation sites (N-methyl/N-ethyl adjacent to an activating group) is 1. The first kappa shape index (κ1) is 19.2. The van der Waals surface area contributed by atoms with E-state index in [9.17, 15) is 14.7 Å². The topological polar surface area (TPSA) is 82.1 Å². The number of nitrogens with zero attached hydrogens (tertiary/aromatic N) is 2. The zero-order valence-corrected chi connectivity index (χ0v) is 14.9. The van der Waals surface area contributed by atoms with Gasteiger partial charge in [-0.25, -0.2) is 0 Å². The van der Waals surface area contributed by atoms with Crippen LogP contribution in [0.25, 0.3) is 0 Å². The number of benzene rings is 1. The van der Waals surface area contributed by atoms with Crippen LogP contribution in [0, 0.1) is 5.92 Å². The van der Waals surface area contributed by atoms with Gasteiger partial charge in [0.05, 0.1) is 13.0 Å². The summed E-state index contributed by atoms with van der Waals surface area (Å²) < 4.78 is 5.07. The molecule has 0 saturated carbocycles. The third-order valence-corrected chi connectivity index (χ3v) is 4.45. The Morgan fingerprint density at radius 3 is 2.56 bits per heavy atom. The molecule has 0 radical (unpaired) electrons. The molecule has 2 rings (SSSR count). The number of aliphatic carboxylic acids is 1. The van der Waals surface area contributed by atoms with Gasteiger partial charge in [0, 0.05) is 31.7 Å². The van der Waals surface area contributed by atoms with E-state index >= 15 is 0 Å². The quantitative estimate of drug-likeness (QED) is 0.774. The third-order valence-electron chi connectivity index (χ3n) is 4.45. The summed E-state index contributed by atoms with van der Waals surface area (Å²) in [5.74, 6) is -1.22. The number of methoxy groups -OCH3 is 1. The Bertz CT molecular complexity index is 576. The lowest BCUT2D eigenvalue weighted by Crippen LogP contribution is -2.37. The van der Waals surface area contributed by atoms with E-state index in [2.05, 4.69) is 22.2 Å². The maximum absolute atomic E-state index is 12.2. The molecule has 1 atom stereocenters. The van der Waals surface area contributed by atoms with Gasteiger partial charge in [-0.2, -0.15) is 0 Å². The van der Waals surface area contributed by atoms with Crippen LogP contribution in [0.4, 0.5) is 5.69 Å². The molecule has 1 heterocycles. The van der Waals surface area contributed by atoms with Gasteiger partial charge in [0.2, 0.25) is 5.91 Å². The second-order valence-corrected chi connectivity index (χ2v) is 6.47. The van der Waals surface area contributed by atoms with E-state index in [4.69, 9.17) is 4.74 Å². The predicted octanol–water partition coefficient (Wildman–Crippen LogP) is 1.36. The highest BCUT2D eigenvalue weighted by molar-refractivity contribution is 5.93. The van der Waals surface area contributed by atoms with Gasteiger partial charge in [-0.15, -0.1) is 0 Å². The summed E-state index contributed by atoms with van der Waals surface area (Å²) in [5, 5.41) is 12.2. The van der Waals surface area contributed by atoms with Crippen LogP contribution in [-0.4, -0.2) is 73.7 Å². The van der Waals surface area contributed by atoms with Gasteiger partial charge in [0.1, 0.15) is 5.75 Å². The average molecular weight is 349 g/mol. The molecule has 7 heteroatoms. The number of amides is 1. The number of carboxylic acids is 1. The molecule has 1 aromatic rings. The molecule has 0 aliphatic carbocycles. The fourth-order valence-electron chi connectivity index (χ4n) is 2.93. The average Bonchev–Trinajstić information content (AvgIpc) is 2.79. The predicted molar refractivity (Wildman–Crippen MR) is 95.9 cm³/mol. The van der Waals surface area contributed by atoms with Crippen molar-refractivity contribution in [2.45, 2.75) is 12.8 Å². The van der Waals surface area contributed by atoms with Gasteiger partial charge in [-0.3, -0.25) is 9.59 Å². The minimum absolute atomic E-state index is 0.0340. The molecule has 1 aliphatic heterocycles. The van der Waals surface area contributed by atoms with Crippen LogP contribution in [0.3, 0.4) is 0 Å². The van der Waals surface area contributed by atoms with Crippen LogP contribution in [0.5, 0.6) is 5.75 Å². The summed E-state index contributed by atoms with van der Waals surface area (Å²) in [4.78, 5) is 28.2. The molecular formula is C18H27N3O4. The second kappa shape index (κ2) is 9.39. The van der Waals surface area contributed by atoms with Gasteiger partial charge in [-0.05, 0) is 50.8 Å². The van der Waals surface area contributed by atoms with Gasteiger partial charge < -0.3 is 25.0 Å². The SMILES string of the molecule is COc1ccc(NC(=O)C[C@@H](CN2CCCN(C)CC2)C(=O)O)cc1. The van der Waals surface area contributed by atoms with E-state index in [1.54, 1.807) is 31.4 Å². The minimum atomic E-state index is -0.928.